The second kappa shape index (κ2) is 9.53. The van der Waals surface area contributed by atoms with Gasteiger partial charge in [0, 0.05) is 26.7 Å². The lowest BCUT2D eigenvalue weighted by Gasteiger charge is -2.32. The number of nitrogens with zero attached hydrogens (tertiary/aromatic N) is 1. The Labute approximate surface area is 139 Å². The third kappa shape index (κ3) is 5.84. The predicted octanol–water partition coefficient (Wildman–Crippen LogP) is 1.71. The SMILES string of the molecule is COCCNCC(=O)N1CCC(Cc2ccc(OC)cc2)CC1. The van der Waals surface area contributed by atoms with Gasteiger partial charge in [-0.05, 0) is 42.9 Å². The van der Waals surface area contributed by atoms with Gasteiger partial charge in [0.25, 0.3) is 0 Å². The minimum Gasteiger partial charge on any atom is -0.497 e. The molecule has 1 aliphatic heterocycles. The topological polar surface area (TPSA) is 50.8 Å². The van der Waals surface area contributed by atoms with Gasteiger partial charge in [-0.3, -0.25) is 4.79 Å². The van der Waals surface area contributed by atoms with Crippen LogP contribution >= 0.6 is 0 Å². The fourth-order valence-corrected chi connectivity index (χ4v) is 2.96. The van der Waals surface area contributed by atoms with E-state index in [1.165, 1.54) is 5.56 Å². The Morgan fingerprint density at radius 3 is 2.52 bits per heavy atom. The quantitative estimate of drug-likeness (QED) is 0.741. The fraction of sp³-hybridized carbons (Fsp3) is 0.611. The van der Waals surface area contributed by atoms with Crippen LogP contribution in [0.5, 0.6) is 5.75 Å². The molecule has 0 saturated carbocycles. The van der Waals surface area contributed by atoms with E-state index in [2.05, 4.69) is 17.4 Å². The lowest BCUT2D eigenvalue weighted by molar-refractivity contribution is -0.131. The summed E-state index contributed by atoms with van der Waals surface area (Å²) in [6.45, 7) is 3.50. The fourth-order valence-electron chi connectivity index (χ4n) is 2.96. The molecule has 1 N–H and O–H groups in total. The van der Waals surface area contributed by atoms with E-state index in [0.717, 1.165) is 44.6 Å². The first-order chi connectivity index (χ1) is 11.2. The molecular formula is C18H28N2O3. The van der Waals surface area contributed by atoms with Crippen LogP contribution in [0.4, 0.5) is 0 Å². The maximum atomic E-state index is 12.1. The van der Waals surface area contributed by atoms with Crippen LogP contribution in [-0.2, 0) is 16.0 Å². The molecule has 1 aromatic rings. The lowest BCUT2D eigenvalue weighted by Crippen LogP contribution is -2.43. The van der Waals surface area contributed by atoms with Gasteiger partial charge in [0.15, 0.2) is 0 Å². The molecular weight excluding hydrogens is 292 g/mol. The lowest BCUT2D eigenvalue weighted by atomic mass is 9.90. The largest absolute Gasteiger partial charge is 0.497 e. The summed E-state index contributed by atoms with van der Waals surface area (Å²) in [5, 5.41) is 3.12. The smallest absolute Gasteiger partial charge is 0.236 e. The maximum absolute atomic E-state index is 12.1. The molecule has 1 saturated heterocycles. The summed E-state index contributed by atoms with van der Waals surface area (Å²) in [6.07, 6.45) is 3.24. The Kier molecular flexibility index (Phi) is 7.36. The first-order valence-electron chi connectivity index (χ1n) is 8.33. The van der Waals surface area contributed by atoms with Gasteiger partial charge in [0.05, 0.1) is 20.3 Å². The number of rotatable bonds is 8. The standard InChI is InChI=1S/C18H28N2O3/c1-22-12-9-19-14-18(21)20-10-7-16(8-11-20)13-15-3-5-17(23-2)6-4-15/h3-6,16,19H,7-14H2,1-2H3. The van der Waals surface area contributed by atoms with E-state index in [9.17, 15) is 4.79 Å². The maximum Gasteiger partial charge on any atom is 0.236 e. The minimum absolute atomic E-state index is 0.198. The van der Waals surface area contributed by atoms with Gasteiger partial charge < -0.3 is 19.7 Å². The van der Waals surface area contributed by atoms with Crippen molar-refractivity contribution in [2.75, 3.05) is 47.0 Å². The van der Waals surface area contributed by atoms with Crippen LogP contribution in [0.3, 0.4) is 0 Å². The number of hydrogen-bond acceptors (Lipinski definition) is 4. The number of piperidine rings is 1. The Morgan fingerprint density at radius 1 is 1.22 bits per heavy atom. The van der Waals surface area contributed by atoms with Gasteiger partial charge in [0.1, 0.15) is 5.75 Å². The van der Waals surface area contributed by atoms with Crippen molar-refractivity contribution in [3.05, 3.63) is 29.8 Å². The average molecular weight is 320 g/mol. The van der Waals surface area contributed by atoms with Gasteiger partial charge in [-0.15, -0.1) is 0 Å². The number of benzene rings is 1. The molecule has 1 heterocycles. The van der Waals surface area contributed by atoms with Gasteiger partial charge in [0.2, 0.25) is 5.91 Å². The van der Waals surface area contributed by atoms with Crippen molar-refractivity contribution >= 4 is 5.91 Å². The molecule has 0 spiro atoms. The normalized spacial score (nSPS) is 15.7. The van der Waals surface area contributed by atoms with Crippen molar-refractivity contribution in [1.29, 1.82) is 0 Å². The number of carbonyl (C=O) groups is 1. The molecule has 1 aliphatic rings. The molecule has 0 atom stereocenters. The van der Waals surface area contributed by atoms with Crippen LogP contribution in [0.2, 0.25) is 0 Å². The second-order valence-electron chi connectivity index (χ2n) is 6.05. The van der Waals surface area contributed by atoms with E-state index in [-0.39, 0.29) is 5.91 Å². The summed E-state index contributed by atoms with van der Waals surface area (Å²) < 4.78 is 10.1. The van der Waals surface area contributed by atoms with Crippen LogP contribution in [0.1, 0.15) is 18.4 Å². The van der Waals surface area contributed by atoms with E-state index < -0.39 is 0 Å². The van der Waals surface area contributed by atoms with Crippen molar-refractivity contribution in [2.24, 2.45) is 5.92 Å². The molecule has 1 aromatic carbocycles. The van der Waals surface area contributed by atoms with Gasteiger partial charge in [-0.2, -0.15) is 0 Å². The highest BCUT2D eigenvalue weighted by Crippen LogP contribution is 2.22. The van der Waals surface area contributed by atoms with Crippen LogP contribution in [0.15, 0.2) is 24.3 Å². The van der Waals surface area contributed by atoms with E-state index in [4.69, 9.17) is 9.47 Å². The summed E-state index contributed by atoms with van der Waals surface area (Å²) in [7, 11) is 3.35. The Bertz CT molecular complexity index is 468. The number of ether oxygens (including phenoxy) is 2. The zero-order valence-corrected chi connectivity index (χ0v) is 14.2. The zero-order chi connectivity index (χ0) is 16.5. The van der Waals surface area contributed by atoms with E-state index >= 15 is 0 Å². The molecule has 5 nitrogen and oxygen atoms in total. The molecule has 0 unspecified atom stereocenters. The molecule has 5 heteroatoms. The van der Waals surface area contributed by atoms with E-state index in [1.807, 2.05) is 17.0 Å². The highest BCUT2D eigenvalue weighted by atomic mass is 16.5. The van der Waals surface area contributed by atoms with Crippen molar-refractivity contribution < 1.29 is 14.3 Å². The predicted molar refractivity (Wildman–Crippen MR) is 90.7 cm³/mol. The Hall–Kier alpha value is -1.59. The summed E-state index contributed by atoms with van der Waals surface area (Å²) in [6, 6.07) is 8.30. The first kappa shape index (κ1) is 17.8. The Morgan fingerprint density at radius 2 is 1.91 bits per heavy atom. The number of likely N-dealkylation sites (tertiary alicyclic amines) is 1. The first-order valence-corrected chi connectivity index (χ1v) is 8.33. The molecule has 0 aromatic heterocycles. The van der Waals surface area contributed by atoms with Gasteiger partial charge in [-0.25, -0.2) is 0 Å². The third-order valence-electron chi connectivity index (χ3n) is 4.41. The van der Waals surface area contributed by atoms with Crippen LogP contribution in [-0.4, -0.2) is 57.8 Å². The van der Waals surface area contributed by atoms with E-state index in [1.54, 1.807) is 14.2 Å². The molecule has 128 valence electrons. The molecule has 23 heavy (non-hydrogen) atoms. The number of hydrogen-bond donors (Lipinski definition) is 1. The summed E-state index contributed by atoms with van der Waals surface area (Å²) >= 11 is 0. The number of carbonyl (C=O) groups excluding carboxylic acids is 1. The van der Waals surface area contributed by atoms with E-state index in [0.29, 0.717) is 19.1 Å². The minimum atomic E-state index is 0.198. The molecule has 1 amide bonds. The molecule has 0 radical (unpaired) electrons. The highest BCUT2D eigenvalue weighted by molar-refractivity contribution is 5.78. The Balaban J connectivity index is 1.69. The number of methoxy groups -OCH3 is 2. The molecule has 2 rings (SSSR count). The van der Waals surface area contributed by atoms with Crippen molar-refractivity contribution in [3.8, 4) is 5.75 Å². The van der Waals surface area contributed by atoms with Gasteiger partial charge >= 0.3 is 0 Å². The van der Waals surface area contributed by atoms with Crippen molar-refractivity contribution in [2.45, 2.75) is 19.3 Å². The van der Waals surface area contributed by atoms with Gasteiger partial charge in [-0.1, -0.05) is 12.1 Å². The third-order valence-corrected chi connectivity index (χ3v) is 4.41. The van der Waals surface area contributed by atoms with Crippen molar-refractivity contribution in [1.82, 2.24) is 10.2 Å². The van der Waals surface area contributed by atoms with Crippen LogP contribution < -0.4 is 10.1 Å². The van der Waals surface area contributed by atoms with Crippen LogP contribution in [0.25, 0.3) is 0 Å². The van der Waals surface area contributed by atoms with Crippen LogP contribution in [0, 0.1) is 5.92 Å². The highest BCUT2D eigenvalue weighted by Gasteiger charge is 2.22. The second-order valence-corrected chi connectivity index (χ2v) is 6.05. The zero-order valence-electron chi connectivity index (χ0n) is 14.2. The summed E-state index contributed by atoms with van der Waals surface area (Å²) in [5.74, 6) is 1.76. The molecule has 0 aliphatic carbocycles. The number of amides is 1. The number of nitrogens with one attached hydrogen (secondary N) is 1. The van der Waals surface area contributed by atoms with Crippen molar-refractivity contribution in [3.63, 3.8) is 0 Å². The monoisotopic (exact) mass is 320 g/mol. The molecule has 1 fully saturated rings. The summed E-state index contributed by atoms with van der Waals surface area (Å²) in [5.41, 5.74) is 1.34. The summed E-state index contributed by atoms with van der Waals surface area (Å²) in [4.78, 5) is 14.1. The average Bonchev–Trinajstić information content (AvgIpc) is 2.60. The molecule has 0 bridgehead atoms.